The summed E-state index contributed by atoms with van der Waals surface area (Å²) in [6.07, 6.45) is 3.34. The zero-order valence-electron chi connectivity index (χ0n) is 14.2. The minimum atomic E-state index is -0.211. The lowest BCUT2D eigenvalue weighted by atomic mass is 10.1. The van der Waals surface area contributed by atoms with E-state index < -0.39 is 0 Å². The van der Waals surface area contributed by atoms with Gasteiger partial charge in [-0.15, -0.1) is 11.3 Å². The topological polar surface area (TPSA) is 58.6 Å². The van der Waals surface area contributed by atoms with Gasteiger partial charge in [0, 0.05) is 31.1 Å². The third-order valence-corrected chi connectivity index (χ3v) is 5.95. The molecule has 1 amide bonds. The summed E-state index contributed by atoms with van der Waals surface area (Å²) in [4.78, 5) is 28.0. The fourth-order valence-electron chi connectivity index (χ4n) is 3.62. The molecule has 0 aromatic carbocycles. The van der Waals surface area contributed by atoms with Crippen LogP contribution < -0.4 is 4.90 Å². The number of nitrogens with zero attached hydrogens (tertiary/aromatic N) is 4. The van der Waals surface area contributed by atoms with Crippen LogP contribution in [0.3, 0.4) is 0 Å². The molecule has 1 aliphatic heterocycles. The molecule has 3 heterocycles. The SMILES string of the molecule is CCOC(=O)N1CCN(c2nc(C)nc3sc4c(c23)CCC4)CC1. The summed E-state index contributed by atoms with van der Waals surface area (Å²) in [5.41, 5.74) is 1.46. The molecule has 0 saturated carbocycles. The van der Waals surface area contributed by atoms with Crippen molar-refractivity contribution in [1.29, 1.82) is 0 Å². The van der Waals surface area contributed by atoms with Crippen LogP contribution in [0.5, 0.6) is 0 Å². The van der Waals surface area contributed by atoms with Gasteiger partial charge in [0.2, 0.25) is 0 Å². The van der Waals surface area contributed by atoms with Crippen LogP contribution in [-0.2, 0) is 17.6 Å². The van der Waals surface area contributed by atoms with Crippen molar-refractivity contribution in [2.24, 2.45) is 0 Å². The van der Waals surface area contributed by atoms with Gasteiger partial charge in [-0.3, -0.25) is 0 Å². The Labute approximate surface area is 145 Å². The number of anilines is 1. The Morgan fingerprint density at radius 1 is 1.21 bits per heavy atom. The Hall–Kier alpha value is -1.89. The second-order valence-electron chi connectivity index (χ2n) is 6.30. The molecule has 2 aromatic heterocycles. The standard InChI is InChI=1S/C17H22N4O2S/c1-3-23-17(22)21-9-7-20(8-10-21)15-14-12-5-4-6-13(12)24-16(14)19-11(2)18-15/h3-10H2,1-2H3. The van der Waals surface area contributed by atoms with Gasteiger partial charge in [-0.05, 0) is 38.7 Å². The molecule has 0 atom stereocenters. The molecule has 0 bridgehead atoms. The molecule has 0 unspecified atom stereocenters. The van der Waals surface area contributed by atoms with Crippen molar-refractivity contribution >= 4 is 33.5 Å². The largest absolute Gasteiger partial charge is 0.450 e. The second kappa shape index (κ2) is 6.20. The number of fused-ring (bicyclic) bond motifs is 3. The van der Waals surface area contributed by atoms with Gasteiger partial charge < -0.3 is 14.5 Å². The molecule has 7 heteroatoms. The number of thiophene rings is 1. The van der Waals surface area contributed by atoms with Gasteiger partial charge in [0.1, 0.15) is 16.5 Å². The van der Waals surface area contributed by atoms with Crippen LogP contribution in [-0.4, -0.2) is 53.7 Å². The van der Waals surface area contributed by atoms with Crippen molar-refractivity contribution in [2.75, 3.05) is 37.7 Å². The number of carbonyl (C=O) groups excluding carboxylic acids is 1. The average Bonchev–Trinajstić information content (AvgIpc) is 3.15. The van der Waals surface area contributed by atoms with E-state index in [4.69, 9.17) is 9.72 Å². The third-order valence-electron chi connectivity index (χ3n) is 4.76. The summed E-state index contributed by atoms with van der Waals surface area (Å²) in [7, 11) is 0. The first kappa shape index (κ1) is 15.6. The predicted molar refractivity (Wildman–Crippen MR) is 95.0 cm³/mol. The van der Waals surface area contributed by atoms with Crippen molar-refractivity contribution in [3.63, 3.8) is 0 Å². The Bertz CT molecular complexity index is 780. The molecule has 2 aliphatic rings. The zero-order valence-corrected chi connectivity index (χ0v) is 15.0. The lowest BCUT2D eigenvalue weighted by molar-refractivity contribution is 0.105. The van der Waals surface area contributed by atoms with E-state index in [1.807, 2.05) is 25.2 Å². The van der Waals surface area contributed by atoms with Gasteiger partial charge in [-0.2, -0.15) is 0 Å². The summed E-state index contributed by atoms with van der Waals surface area (Å²) in [5.74, 6) is 1.88. The van der Waals surface area contributed by atoms with Crippen molar-refractivity contribution in [2.45, 2.75) is 33.1 Å². The number of aromatic nitrogens is 2. The number of aryl methyl sites for hydroxylation is 3. The molecule has 128 valence electrons. The molecule has 24 heavy (non-hydrogen) atoms. The van der Waals surface area contributed by atoms with E-state index in [2.05, 4.69) is 9.88 Å². The van der Waals surface area contributed by atoms with Crippen molar-refractivity contribution < 1.29 is 9.53 Å². The molecule has 0 N–H and O–H groups in total. The van der Waals surface area contributed by atoms with Crippen molar-refractivity contribution in [3.8, 4) is 0 Å². The second-order valence-corrected chi connectivity index (χ2v) is 7.39. The van der Waals surface area contributed by atoms with Crippen molar-refractivity contribution in [3.05, 3.63) is 16.3 Å². The van der Waals surface area contributed by atoms with Gasteiger partial charge >= 0.3 is 6.09 Å². The van der Waals surface area contributed by atoms with E-state index >= 15 is 0 Å². The normalized spacial score (nSPS) is 17.4. The van der Waals surface area contributed by atoms with Crippen LogP contribution >= 0.6 is 11.3 Å². The van der Waals surface area contributed by atoms with Crippen LogP contribution in [0.25, 0.3) is 10.2 Å². The Morgan fingerprint density at radius 2 is 2.00 bits per heavy atom. The number of ether oxygens (including phenoxy) is 1. The van der Waals surface area contributed by atoms with E-state index in [1.165, 1.54) is 28.7 Å². The van der Waals surface area contributed by atoms with Crippen LogP contribution in [0.15, 0.2) is 0 Å². The Morgan fingerprint density at radius 3 is 2.75 bits per heavy atom. The number of rotatable bonds is 2. The zero-order chi connectivity index (χ0) is 16.7. The number of amides is 1. The highest BCUT2D eigenvalue weighted by atomic mass is 32.1. The average molecular weight is 346 g/mol. The number of piperazine rings is 1. The predicted octanol–water partition coefficient (Wildman–Crippen LogP) is 2.77. The quantitative estimate of drug-likeness (QED) is 0.837. The van der Waals surface area contributed by atoms with Gasteiger partial charge in [-0.1, -0.05) is 0 Å². The van der Waals surface area contributed by atoms with Gasteiger partial charge in [0.25, 0.3) is 0 Å². The fraction of sp³-hybridized carbons (Fsp3) is 0.588. The molecule has 0 radical (unpaired) electrons. The number of hydrogen-bond donors (Lipinski definition) is 0. The smallest absolute Gasteiger partial charge is 0.409 e. The van der Waals surface area contributed by atoms with Gasteiger partial charge in [-0.25, -0.2) is 14.8 Å². The highest BCUT2D eigenvalue weighted by Gasteiger charge is 2.27. The fourth-order valence-corrected chi connectivity index (χ4v) is 4.93. The maximum atomic E-state index is 11.9. The monoisotopic (exact) mass is 346 g/mol. The Balaban J connectivity index is 1.62. The first-order valence-electron chi connectivity index (χ1n) is 8.63. The number of carbonyl (C=O) groups is 1. The molecule has 1 aliphatic carbocycles. The highest BCUT2D eigenvalue weighted by Crippen LogP contribution is 2.40. The first-order valence-corrected chi connectivity index (χ1v) is 9.44. The molecule has 1 saturated heterocycles. The maximum Gasteiger partial charge on any atom is 0.409 e. The van der Waals surface area contributed by atoms with Gasteiger partial charge in [0.05, 0.1) is 12.0 Å². The summed E-state index contributed by atoms with van der Waals surface area (Å²) >= 11 is 1.83. The number of hydrogen-bond acceptors (Lipinski definition) is 6. The molecule has 2 aromatic rings. The first-order chi connectivity index (χ1) is 11.7. The molecular formula is C17H22N4O2S. The lowest BCUT2D eigenvalue weighted by Crippen LogP contribution is -2.49. The van der Waals surface area contributed by atoms with Crippen LogP contribution in [0.4, 0.5) is 10.6 Å². The van der Waals surface area contributed by atoms with Crippen LogP contribution in [0.2, 0.25) is 0 Å². The van der Waals surface area contributed by atoms with E-state index in [0.29, 0.717) is 19.7 Å². The molecule has 1 fully saturated rings. The Kier molecular flexibility index (Phi) is 4.04. The summed E-state index contributed by atoms with van der Waals surface area (Å²) in [6, 6.07) is 0. The van der Waals surface area contributed by atoms with Crippen LogP contribution in [0, 0.1) is 6.92 Å². The third kappa shape index (κ3) is 2.60. The van der Waals surface area contributed by atoms with E-state index in [9.17, 15) is 4.79 Å². The van der Waals surface area contributed by atoms with Crippen molar-refractivity contribution in [1.82, 2.24) is 14.9 Å². The minimum Gasteiger partial charge on any atom is -0.450 e. The summed E-state index contributed by atoms with van der Waals surface area (Å²) < 4.78 is 5.10. The molecule has 0 spiro atoms. The molecular weight excluding hydrogens is 324 g/mol. The van der Waals surface area contributed by atoms with Gasteiger partial charge in [0.15, 0.2) is 0 Å². The maximum absolute atomic E-state index is 11.9. The summed E-state index contributed by atoms with van der Waals surface area (Å²) in [5, 5.41) is 1.25. The summed E-state index contributed by atoms with van der Waals surface area (Å²) in [6.45, 7) is 7.15. The van der Waals surface area contributed by atoms with E-state index in [1.54, 1.807) is 4.90 Å². The van der Waals surface area contributed by atoms with E-state index in [0.717, 1.165) is 36.0 Å². The highest BCUT2D eigenvalue weighted by molar-refractivity contribution is 7.19. The molecule has 4 rings (SSSR count). The molecule has 6 nitrogen and oxygen atoms in total. The van der Waals surface area contributed by atoms with Crippen LogP contribution in [0.1, 0.15) is 29.6 Å². The minimum absolute atomic E-state index is 0.211. The van der Waals surface area contributed by atoms with E-state index in [-0.39, 0.29) is 6.09 Å². The lowest BCUT2D eigenvalue weighted by Gasteiger charge is -2.35.